The van der Waals surface area contributed by atoms with Crippen LogP contribution in [0, 0.1) is 6.92 Å². The van der Waals surface area contributed by atoms with Crippen molar-refractivity contribution in [3.8, 4) is 0 Å². The third-order valence-electron chi connectivity index (χ3n) is 2.46. The Morgan fingerprint density at radius 1 is 1.21 bits per heavy atom. The van der Waals surface area contributed by atoms with E-state index < -0.39 is 11.9 Å². The average molecular weight is 269 g/mol. The van der Waals surface area contributed by atoms with Gasteiger partial charge in [0, 0.05) is 18.5 Å². The van der Waals surface area contributed by atoms with Gasteiger partial charge in [0.2, 0.25) is 5.91 Å². The molecule has 104 valence electrons. The zero-order valence-corrected chi connectivity index (χ0v) is 10.4. The van der Waals surface area contributed by atoms with Gasteiger partial charge in [0.05, 0.1) is 0 Å². The van der Waals surface area contributed by atoms with Crippen molar-refractivity contribution in [3.63, 3.8) is 0 Å². The van der Waals surface area contributed by atoms with Crippen molar-refractivity contribution in [2.75, 3.05) is 5.32 Å². The van der Waals surface area contributed by atoms with Crippen molar-refractivity contribution < 1.29 is 24.6 Å². The molecule has 1 aromatic rings. The molecule has 0 aliphatic carbocycles. The Hall–Kier alpha value is -2.38. The number of aromatic carboxylic acids is 1. The average Bonchev–Trinajstić information content (AvgIpc) is 2.65. The summed E-state index contributed by atoms with van der Waals surface area (Å²) in [5.74, 6) is -2.49. The fraction of sp³-hybridized carbons (Fsp3) is 0.455. The van der Waals surface area contributed by atoms with Crippen molar-refractivity contribution >= 4 is 23.7 Å². The van der Waals surface area contributed by atoms with Crippen molar-refractivity contribution in [1.29, 1.82) is 0 Å². The number of nitrogens with zero attached hydrogens (tertiary/aromatic N) is 1. The molecule has 0 fully saturated rings. The summed E-state index contributed by atoms with van der Waals surface area (Å²) in [5, 5.41) is 26.0. The molecule has 1 heterocycles. The number of anilines is 1. The largest absolute Gasteiger partial charge is 0.481 e. The predicted octanol–water partition coefficient (Wildman–Crippen LogP) is 1.000. The van der Waals surface area contributed by atoms with Crippen LogP contribution in [0.3, 0.4) is 0 Å². The Kier molecular flexibility index (Phi) is 5.04. The summed E-state index contributed by atoms with van der Waals surface area (Å²) in [7, 11) is 0. The predicted molar refractivity (Wildman–Crippen MR) is 65.0 cm³/mol. The number of carboxylic acid groups (broad SMARTS) is 2. The maximum Gasteiger partial charge on any atom is 0.341 e. The first-order valence-electron chi connectivity index (χ1n) is 5.71. The number of hydrogen-bond donors (Lipinski definition) is 4. The van der Waals surface area contributed by atoms with E-state index in [9.17, 15) is 14.4 Å². The van der Waals surface area contributed by atoms with Crippen LogP contribution in [-0.2, 0) is 9.59 Å². The zero-order chi connectivity index (χ0) is 14.4. The van der Waals surface area contributed by atoms with Crippen LogP contribution in [0.25, 0.3) is 0 Å². The van der Waals surface area contributed by atoms with Crippen LogP contribution in [0.1, 0.15) is 41.7 Å². The number of rotatable bonds is 7. The normalized spacial score (nSPS) is 10.2. The van der Waals surface area contributed by atoms with Gasteiger partial charge < -0.3 is 15.5 Å². The highest BCUT2D eigenvalue weighted by atomic mass is 16.4. The van der Waals surface area contributed by atoms with Gasteiger partial charge in [-0.15, -0.1) is 0 Å². The second kappa shape index (κ2) is 6.53. The number of carbonyl (C=O) groups excluding carboxylic acids is 1. The number of aryl methyl sites for hydroxylation is 1. The molecule has 8 nitrogen and oxygen atoms in total. The molecular formula is C11H15N3O5. The number of amides is 1. The highest BCUT2D eigenvalue weighted by molar-refractivity contribution is 6.00. The van der Waals surface area contributed by atoms with Gasteiger partial charge in [-0.05, 0) is 19.8 Å². The summed E-state index contributed by atoms with van der Waals surface area (Å²) in [6, 6.07) is 0. The van der Waals surface area contributed by atoms with Gasteiger partial charge >= 0.3 is 11.9 Å². The minimum absolute atomic E-state index is 0.00910. The van der Waals surface area contributed by atoms with Crippen LogP contribution in [0.15, 0.2) is 0 Å². The molecule has 8 heteroatoms. The highest BCUT2D eigenvalue weighted by Gasteiger charge is 2.18. The molecule has 1 amide bonds. The Morgan fingerprint density at radius 3 is 2.42 bits per heavy atom. The number of aromatic nitrogens is 2. The lowest BCUT2D eigenvalue weighted by Crippen LogP contribution is -2.14. The Bertz CT molecular complexity index is 495. The van der Waals surface area contributed by atoms with Gasteiger partial charge in [-0.1, -0.05) is 0 Å². The molecule has 0 radical (unpaired) electrons. The molecule has 0 saturated carbocycles. The molecule has 0 unspecified atom stereocenters. The van der Waals surface area contributed by atoms with Gasteiger partial charge in [-0.25, -0.2) is 4.79 Å². The van der Waals surface area contributed by atoms with E-state index in [-0.39, 0.29) is 30.1 Å². The van der Waals surface area contributed by atoms with E-state index in [1.807, 2.05) is 0 Å². The van der Waals surface area contributed by atoms with Crippen LogP contribution >= 0.6 is 0 Å². The number of hydrogen-bond acceptors (Lipinski definition) is 4. The van der Waals surface area contributed by atoms with Gasteiger partial charge in [-0.2, -0.15) is 5.10 Å². The van der Waals surface area contributed by atoms with E-state index in [1.54, 1.807) is 6.92 Å². The van der Waals surface area contributed by atoms with Crippen molar-refractivity contribution in [3.05, 3.63) is 11.3 Å². The summed E-state index contributed by atoms with van der Waals surface area (Å²) in [4.78, 5) is 32.8. The molecule has 0 saturated heterocycles. The fourth-order valence-electron chi connectivity index (χ4n) is 1.54. The maximum absolute atomic E-state index is 11.5. The van der Waals surface area contributed by atoms with E-state index in [0.29, 0.717) is 18.5 Å². The van der Waals surface area contributed by atoms with E-state index >= 15 is 0 Å². The summed E-state index contributed by atoms with van der Waals surface area (Å²) < 4.78 is 0. The van der Waals surface area contributed by atoms with Crippen molar-refractivity contribution in [2.45, 2.75) is 32.6 Å². The van der Waals surface area contributed by atoms with E-state index in [1.165, 1.54) is 0 Å². The number of carboxylic acids is 2. The van der Waals surface area contributed by atoms with Gasteiger partial charge in [0.25, 0.3) is 0 Å². The molecule has 1 aromatic heterocycles. The van der Waals surface area contributed by atoms with Gasteiger partial charge in [0.15, 0.2) is 5.82 Å². The molecule has 19 heavy (non-hydrogen) atoms. The molecule has 0 aliphatic heterocycles. The molecule has 4 N–H and O–H groups in total. The number of unbranched alkanes of at least 4 members (excludes halogenated alkanes) is 1. The second-order valence-electron chi connectivity index (χ2n) is 4.03. The molecule has 0 bridgehead atoms. The first-order chi connectivity index (χ1) is 8.91. The summed E-state index contributed by atoms with van der Waals surface area (Å²) >= 11 is 0. The molecule has 0 aromatic carbocycles. The lowest BCUT2D eigenvalue weighted by molar-refractivity contribution is -0.137. The van der Waals surface area contributed by atoms with E-state index in [4.69, 9.17) is 10.2 Å². The molecule has 0 aliphatic rings. The van der Waals surface area contributed by atoms with E-state index in [2.05, 4.69) is 15.5 Å². The van der Waals surface area contributed by atoms with Crippen LogP contribution in [0.5, 0.6) is 0 Å². The lowest BCUT2D eigenvalue weighted by Gasteiger charge is -2.03. The van der Waals surface area contributed by atoms with Gasteiger partial charge in [-0.3, -0.25) is 14.7 Å². The molecule has 1 rings (SSSR count). The number of aliphatic carboxylic acids is 1. The van der Waals surface area contributed by atoms with Crippen LogP contribution in [0.4, 0.5) is 5.82 Å². The second-order valence-corrected chi connectivity index (χ2v) is 4.03. The van der Waals surface area contributed by atoms with Crippen molar-refractivity contribution in [2.24, 2.45) is 0 Å². The molecule has 0 spiro atoms. The highest BCUT2D eigenvalue weighted by Crippen LogP contribution is 2.16. The topological polar surface area (TPSA) is 132 Å². The lowest BCUT2D eigenvalue weighted by atomic mass is 10.2. The fourth-order valence-corrected chi connectivity index (χ4v) is 1.54. The summed E-state index contributed by atoms with van der Waals surface area (Å²) in [5.41, 5.74) is 0.285. The Balaban J connectivity index is 2.49. The molecular weight excluding hydrogens is 254 g/mol. The van der Waals surface area contributed by atoms with E-state index in [0.717, 1.165) is 0 Å². The maximum atomic E-state index is 11.5. The van der Waals surface area contributed by atoms with Crippen LogP contribution < -0.4 is 5.32 Å². The first kappa shape index (κ1) is 14.7. The number of aromatic amines is 1. The Labute approximate surface area is 108 Å². The zero-order valence-electron chi connectivity index (χ0n) is 10.4. The smallest absolute Gasteiger partial charge is 0.341 e. The monoisotopic (exact) mass is 269 g/mol. The SMILES string of the molecule is Cc1[nH]nc(NC(=O)CCCCC(=O)O)c1C(=O)O. The standard InChI is InChI=1S/C11H15N3O5/c1-6-9(11(18)19)10(14-13-6)12-7(15)4-2-3-5-8(16)17/h2-5H2,1H3,(H,16,17)(H,18,19)(H2,12,13,14,15). The quantitative estimate of drug-likeness (QED) is 0.546. The summed E-state index contributed by atoms with van der Waals surface area (Å²) in [6.07, 6.45) is 0.950. The minimum Gasteiger partial charge on any atom is -0.481 e. The number of nitrogens with one attached hydrogen (secondary N) is 2. The summed E-state index contributed by atoms with van der Waals surface area (Å²) in [6.45, 7) is 1.54. The van der Waals surface area contributed by atoms with Crippen molar-refractivity contribution in [1.82, 2.24) is 10.2 Å². The number of H-pyrrole nitrogens is 1. The first-order valence-corrected chi connectivity index (χ1v) is 5.71. The van der Waals surface area contributed by atoms with Gasteiger partial charge in [0.1, 0.15) is 5.56 Å². The third kappa shape index (κ3) is 4.41. The molecule has 0 atom stereocenters. The number of carbonyl (C=O) groups is 3. The minimum atomic E-state index is -1.17. The Morgan fingerprint density at radius 2 is 1.84 bits per heavy atom. The third-order valence-corrected chi connectivity index (χ3v) is 2.46. The van der Waals surface area contributed by atoms with Crippen LogP contribution in [0.2, 0.25) is 0 Å². The van der Waals surface area contributed by atoms with Crippen LogP contribution in [-0.4, -0.2) is 38.3 Å².